The molecule has 20 heavy (non-hydrogen) atoms. The van der Waals surface area contributed by atoms with E-state index in [1.54, 1.807) is 25.1 Å². The van der Waals surface area contributed by atoms with Gasteiger partial charge in [0.1, 0.15) is 0 Å². The Morgan fingerprint density at radius 1 is 1.05 bits per heavy atom. The maximum absolute atomic E-state index is 14.1. The molecule has 0 aliphatic heterocycles. The van der Waals surface area contributed by atoms with Crippen molar-refractivity contribution in [3.05, 3.63) is 65.5 Å². The summed E-state index contributed by atoms with van der Waals surface area (Å²) in [6, 6.07) is 14.7. The number of aliphatic hydroxyl groups is 1. The summed E-state index contributed by atoms with van der Waals surface area (Å²) in [7, 11) is 1.43. The van der Waals surface area contributed by atoms with Gasteiger partial charge in [0.05, 0.1) is 12.7 Å². The van der Waals surface area contributed by atoms with E-state index in [0.29, 0.717) is 12.0 Å². The van der Waals surface area contributed by atoms with Gasteiger partial charge in [-0.1, -0.05) is 42.5 Å². The summed E-state index contributed by atoms with van der Waals surface area (Å²) >= 11 is 0. The molecule has 1 unspecified atom stereocenters. The van der Waals surface area contributed by atoms with E-state index < -0.39 is 11.4 Å². The average Bonchev–Trinajstić information content (AvgIpc) is 2.41. The van der Waals surface area contributed by atoms with Gasteiger partial charge in [-0.15, -0.1) is 0 Å². The van der Waals surface area contributed by atoms with Crippen LogP contribution in [0.4, 0.5) is 4.39 Å². The summed E-state index contributed by atoms with van der Waals surface area (Å²) < 4.78 is 19.1. The molecule has 0 spiro atoms. The van der Waals surface area contributed by atoms with Gasteiger partial charge in [-0.05, 0) is 24.1 Å². The van der Waals surface area contributed by atoms with E-state index in [9.17, 15) is 9.50 Å². The average molecular weight is 274 g/mol. The lowest BCUT2D eigenvalue weighted by Crippen LogP contribution is -2.30. The summed E-state index contributed by atoms with van der Waals surface area (Å²) in [5.41, 5.74) is 0.486. The van der Waals surface area contributed by atoms with Crippen LogP contribution in [-0.4, -0.2) is 17.8 Å². The Bertz CT molecular complexity index is 564. The van der Waals surface area contributed by atoms with Crippen LogP contribution in [0.15, 0.2) is 48.5 Å². The predicted octanol–water partition coefficient (Wildman–Crippen LogP) is 3.37. The van der Waals surface area contributed by atoms with Gasteiger partial charge in [0, 0.05) is 12.8 Å². The number of rotatable bonds is 5. The first kappa shape index (κ1) is 14.5. The molecular weight excluding hydrogens is 255 g/mol. The van der Waals surface area contributed by atoms with Gasteiger partial charge in [0.25, 0.3) is 0 Å². The van der Waals surface area contributed by atoms with Crippen molar-refractivity contribution in [1.82, 2.24) is 0 Å². The van der Waals surface area contributed by atoms with Gasteiger partial charge in [-0.25, -0.2) is 4.39 Å². The lowest BCUT2D eigenvalue weighted by molar-refractivity contribution is 0.0598. The molecule has 2 nitrogen and oxygen atoms in total. The summed E-state index contributed by atoms with van der Waals surface area (Å²) in [6.07, 6.45) is 0.718. The molecule has 0 amide bonds. The molecule has 2 aromatic carbocycles. The zero-order valence-corrected chi connectivity index (χ0v) is 11.8. The standard InChI is InChI=1S/C17H19FO2/c1-17(19,11-13-7-4-3-5-8-13)12-14-9-6-10-15(20-2)16(14)18/h3-10,19H,11-12H2,1-2H3. The highest BCUT2D eigenvalue weighted by molar-refractivity contribution is 5.32. The van der Waals surface area contributed by atoms with Gasteiger partial charge in [-0.3, -0.25) is 0 Å². The third kappa shape index (κ3) is 3.58. The largest absolute Gasteiger partial charge is 0.494 e. The topological polar surface area (TPSA) is 29.5 Å². The molecular formula is C17H19FO2. The Kier molecular flexibility index (Phi) is 4.40. The summed E-state index contributed by atoms with van der Waals surface area (Å²) in [6.45, 7) is 1.72. The highest BCUT2D eigenvalue weighted by Gasteiger charge is 2.24. The van der Waals surface area contributed by atoms with E-state index in [4.69, 9.17) is 4.74 Å². The van der Waals surface area contributed by atoms with E-state index in [2.05, 4.69) is 0 Å². The second kappa shape index (κ2) is 6.06. The fraction of sp³-hybridized carbons (Fsp3) is 0.294. The molecule has 1 N–H and O–H groups in total. The van der Waals surface area contributed by atoms with Crippen molar-refractivity contribution in [1.29, 1.82) is 0 Å². The monoisotopic (exact) mass is 274 g/mol. The predicted molar refractivity (Wildman–Crippen MR) is 77.4 cm³/mol. The van der Waals surface area contributed by atoms with Crippen LogP contribution in [-0.2, 0) is 12.8 Å². The van der Waals surface area contributed by atoms with Crippen molar-refractivity contribution in [3.63, 3.8) is 0 Å². The molecule has 0 fully saturated rings. The van der Waals surface area contributed by atoms with Crippen LogP contribution in [0.5, 0.6) is 5.75 Å². The second-order valence-corrected chi connectivity index (χ2v) is 5.27. The maximum atomic E-state index is 14.1. The number of halogens is 1. The third-order valence-electron chi connectivity index (χ3n) is 3.26. The number of benzene rings is 2. The third-order valence-corrected chi connectivity index (χ3v) is 3.26. The van der Waals surface area contributed by atoms with Crippen LogP contribution >= 0.6 is 0 Å². The van der Waals surface area contributed by atoms with Gasteiger partial charge in [0.15, 0.2) is 11.6 Å². The molecule has 1 atom stereocenters. The normalized spacial score (nSPS) is 13.8. The van der Waals surface area contributed by atoms with Crippen LogP contribution in [0.1, 0.15) is 18.1 Å². The Balaban J connectivity index is 2.16. The van der Waals surface area contributed by atoms with Crippen molar-refractivity contribution in [2.24, 2.45) is 0 Å². The summed E-state index contributed by atoms with van der Waals surface area (Å²) in [5.74, 6) is -0.193. The van der Waals surface area contributed by atoms with Gasteiger partial charge >= 0.3 is 0 Å². The Hall–Kier alpha value is -1.87. The zero-order chi connectivity index (χ0) is 14.6. The van der Waals surface area contributed by atoms with E-state index in [1.165, 1.54) is 7.11 Å². The molecule has 0 aliphatic carbocycles. The number of hydrogen-bond donors (Lipinski definition) is 1. The van der Waals surface area contributed by atoms with Crippen LogP contribution in [0.3, 0.4) is 0 Å². The molecule has 2 rings (SSSR count). The smallest absolute Gasteiger partial charge is 0.168 e. The molecule has 0 saturated carbocycles. The molecule has 0 heterocycles. The number of hydrogen-bond acceptors (Lipinski definition) is 2. The Morgan fingerprint density at radius 2 is 1.75 bits per heavy atom. The van der Waals surface area contributed by atoms with Crippen LogP contribution in [0.2, 0.25) is 0 Å². The number of ether oxygens (including phenoxy) is 1. The molecule has 0 aliphatic rings. The first-order chi connectivity index (χ1) is 9.52. The van der Waals surface area contributed by atoms with Crippen molar-refractivity contribution < 1.29 is 14.2 Å². The van der Waals surface area contributed by atoms with Crippen molar-refractivity contribution >= 4 is 0 Å². The van der Waals surface area contributed by atoms with E-state index in [0.717, 1.165) is 5.56 Å². The maximum Gasteiger partial charge on any atom is 0.168 e. The molecule has 0 bridgehead atoms. The lowest BCUT2D eigenvalue weighted by Gasteiger charge is -2.24. The zero-order valence-electron chi connectivity index (χ0n) is 11.8. The first-order valence-electron chi connectivity index (χ1n) is 6.59. The van der Waals surface area contributed by atoms with E-state index in [1.807, 2.05) is 30.3 Å². The second-order valence-electron chi connectivity index (χ2n) is 5.27. The molecule has 0 radical (unpaired) electrons. The molecule has 3 heteroatoms. The lowest BCUT2D eigenvalue weighted by atomic mass is 9.89. The van der Waals surface area contributed by atoms with Gasteiger partial charge < -0.3 is 9.84 Å². The minimum Gasteiger partial charge on any atom is -0.494 e. The summed E-state index contributed by atoms with van der Waals surface area (Å²) in [4.78, 5) is 0. The van der Waals surface area contributed by atoms with Crippen molar-refractivity contribution in [3.8, 4) is 5.75 Å². The highest BCUT2D eigenvalue weighted by Crippen LogP contribution is 2.25. The minimum atomic E-state index is -1.01. The SMILES string of the molecule is COc1cccc(CC(C)(O)Cc2ccccc2)c1F. The van der Waals surface area contributed by atoms with Crippen LogP contribution in [0.25, 0.3) is 0 Å². The van der Waals surface area contributed by atoms with Crippen molar-refractivity contribution in [2.45, 2.75) is 25.4 Å². The first-order valence-corrected chi connectivity index (χ1v) is 6.59. The number of methoxy groups -OCH3 is 1. The Morgan fingerprint density at radius 3 is 2.40 bits per heavy atom. The van der Waals surface area contributed by atoms with Crippen molar-refractivity contribution in [2.75, 3.05) is 7.11 Å². The quantitative estimate of drug-likeness (QED) is 0.905. The molecule has 106 valence electrons. The fourth-order valence-electron chi connectivity index (χ4n) is 2.36. The van der Waals surface area contributed by atoms with E-state index >= 15 is 0 Å². The van der Waals surface area contributed by atoms with Crippen LogP contribution in [0, 0.1) is 5.82 Å². The minimum absolute atomic E-state index is 0.206. The van der Waals surface area contributed by atoms with Gasteiger partial charge in [0.2, 0.25) is 0 Å². The fourth-order valence-corrected chi connectivity index (χ4v) is 2.36. The highest BCUT2D eigenvalue weighted by atomic mass is 19.1. The molecule has 2 aromatic rings. The summed E-state index contributed by atoms with van der Waals surface area (Å²) in [5, 5.41) is 10.5. The Labute approximate surface area is 118 Å². The van der Waals surface area contributed by atoms with Crippen LogP contribution < -0.4 is 4.74 Å². The van der Waals surface area contributed by atoms with Gasteiger partial charge in [-0.2, -0.15) is 0 Å². The molecule has 0 aromatic heterocycles. The molecule has 0 saturated heterocycles. The van der Waals surface area contributed by atoms with E-state index in [-0.39, 0.29) is 12.2 Å².